The highest BCUT2D eigenvalue weighted by Crippen LogP contribution is 2.26. The van der Waals surface area contributed by atoms with Crippen molar-refractivity contribution in [1.29, 1.82) is 0 Å². The molecule has 0 radical (unpaired) electrons. The first-order chi connectivity index (χ1) is 10.3. The molecule has 0 aliphatic rings. The van der Waals surface area contributed by atoms with Crippen LogP contribution in [-0.4, -0.2) is 23.3 Å². The van der Waals surface area contributed by atoms with Crippen molar-refractivity contribution in [2.24, 2.45) is 5.41 Å². The van der Waals surface area contributed by atoms with E-state index < -0.39 is 5.41 Å². The van der Waals surface area contributed by atoms with Crippen molar-refractivity contribution in [1.82, 2.24) is 10.3 Å². The molecule has 0 unspecified atom stereocenters. The molecule has 0 aliphatic carbocycles. The third-order valence-electron chi connectivity index (χ3n) is 3.11. The predicted molar refractivity (Wildman–Crippen MR) is 90.1 cm³/mol. The SMILES string of the molecule is Cc1ccc2nc(NC(=O)CCNC(=O)C(C)(C)C)sc2c1. The Balaban J connectivity index is 1.87. The number of thiazole rings is 1. The lowest BCUT2D eigenvalue weighted by molar-refractivity contribution is -0.128. The van der Waals surface area contributed by atoms with Gasteiger partial charge in [-0.05, 0) is 24.6 Å². The molecule has 0 saturated heterocycles. The number of anilines is 1. The minimum absolute atomic E-state index is 0.0595. The number of fused-ring (bicyclic) bond motifs is 1. The summed E-state index contributed by atoms with van der Waals surface area (Å²) < 4.78 is 1.05. The Hall–Kier alpha value is -1.95. The Labute approximate surface area is 134 Å². The van der Waals surface area contributed by atoms with Gasteiger partial charge in [-0.3, -0.25) is 9.59 Å². The highest BCUT2D eigenvalue weighted by molar-refractivity contribution is 7.22. The molecule has 2 N–H and O–H groups in total. The summed E-state index contributed by atoms with van der Waals surface area (Å²) in [4.78, 5) is 28.0. The maximum atomic E-state index is 11.9. The van der Waals surface area contributed by atoms with Gasteiger partial charge in [0, 0.05) is 18.4 Å². The lowest BCUT2D eigenvalue weighted by Crippen LogP contribution is -2.36. The van der Waals surface area contributed by atoms with E-state index in [1.165, 1.54) is 16.9 Å². The number of aryl methyl sites for hydroxylation is 1. The standard InChI is InChI=1S/C16H21N3O2S/c1-10-5-6-11-12(9-10)22-15(18-11)19-13(20)7-8-17-14(21)16(2,3)4/h5-6,9H,7-8H2,1-4H3,(H,17,21)(H,18,19,20). The normalized spacial score (nSPS) is 11.5. The summed E-state index contributed by atoms with van der Waals surface area (Å²) in [5.41, 5.74) is 1.60. The van der Waals surface area contributed by atoms with Crippen molar-refractivity contribution >= 4 is 38.5 Å². The van der Waals surface area contributed by atoms with Gasteiger partial charge >= 0.3 is 0 Å². The molecule has 22 heavy (non-hydrogen) atoms. The van der Waals surface area contributed by atoms with E-state index >= 15 is 0 Å². The molecule has 1 heterocycles. The highest BCUT2D eigenvalue weighted by Gasteiger charge is 2.20. The van der Waals surface area contributed by atoms with Gasteiger partial charge in [-0.25, -0.2) is 4.98 Å². The largest absolute Gasteiger partial charge is 0.355 e. The topological polar surface area (TPSA) is 71.1 Å². The zero-order valence-electron chi connectivity index (χ0n) is 13.3. The van der Waals surface area contributed by atoms with Gasteiger partial charge in [-0.15, -0.1) is 0 Å². The maximum Gasteiger partial charge on any atom is 0.227 e. The molecule has 0 saturated carbocycles. The summed E-state index contributed by atoms with van der Waals surface area (Å²) in [7, 11) is 0. The van der Waals surface area contributed by atoms with Crippen molar-refractivity contribution in [3.8, 4) is 0 Å². The second kappa shape index (κ2) is 6.44. The number of amides is 2. The smallest absolute Gasteiger partial charge is 0.227 e. The van der Waals surface area contributed by atoms with Gasteiger partial charge in [0.15, 0.2) is 5.13 Å². The number of carbonyl (C=O) groups is 2. The monoisotopic (exact) mass is 319 g/mol. The molecule has 5 nitrogen and oxygen atoms in total. The first kappa shape index (κ1) is 16.4. The molecule has 0 atom stereocenters. The van der Waals surface area contributed by atoms with E-state index in [0.717, 1.165) is 10.2 Å². The summed E-state index contributed by atoms with van der Waals surface area (Å²) in [5.74, 6) is -0.208. The third kappa shape index (κ3) is 4.27. The Kier molecular flexibility index (Phi) is 4.81. The zero-order valence-corrected chi connectivity index (χ0v) is 14.1. The van der Waals surface area contributed by atoms with Gasteiger partial charge in [0.25, 0.3) is 0 Å². The lowest BCUT2D eigenvalue weighted by Gasteiger charge is -2.17. The van der Waals surface area contributed by atoms with Crippen LogP contribution in [-0.2, 0) is 9.59 Å². The predicted octanol–water partition coefficient (Wildman–Crippen LogP) is 3.10. The van der Waals surface area contributed by atoms with Gasteiger partial charge in [-0.1, -0.05) is 38.2 Å². The molecule has 1 aromatic heterocycles. The fourth-order valence-corrected chi connectivity index (χ4v) is 2.80. The molecule has 6 heteroatoms. The average molecular weight is 319 g/mol. The van der Waals surface area contributed by atoms with Crippen molar-refractivity contribution in [3.63, 3.8) is 0 Å². The van der Waals surface area contributed by atoms with Gasteiger partial charge in [-0.2, -0.15) is 0 Å². The van der Waals surface area contributed by atoms with Crippen LogP contribution >= 0.6 is 11.3 Å². The third-order valence-corrected chi connectivity index (χ3v) is 4.04. The number of hydrogen-bond acceptors (Lipinski definition) is 4. The van der Waals surface area contributed by atoms with Gasteiger partial charge < -0.3 is 10.6 Å². The van der Waals surface area contributed by atoms with E-state index in [1.807, 2.05) is 45.9 Å². The van der Waals surface area contributed by atoms with Gasteiger partial charge in [0.2, 0.25) is 11.8 Å². The molecule has 2 rings (SSSR count). The van der Waals surface area contributed by atoms with E-state index in [9.17, 15) is 9.59 Å². The number of nitrogens with one attached hydrogen (secondary N) is 2. The van der Waals surface area contributed by atoms with Crippen molar-refractivity contribution < 1.29 is 9.59 Å². The van der Waals surface area contributed by atoms with Crippen molar-refractivity contribution in [3.05, 3.63) is 23.8 Å². The second-order valence-corrected chi connectivity index (χ2v) is 7.32. The molecule has 0 aliphatic heterocycles. The van der Waals surface area contributed by atoms with Crippen LogP contribution in [0.15, 0.2) is 18.2 Å². The maximum absolute atomic E-state index is 11.9. The van der Waals surface area contributed by atoms with E-state index in [-0.39, 0.29) is 18.2 Å². The Morgan fingerprint density at radius 2 is 2.00 bits per heavy atom. The molecule has 1 aromatic carbocycles. The Morgan fingerprint density at radius 1 is 1.27 bits per heavy atom. The zero-order chi connectivity index (χ0) is 16.3. The van der Waals surface area contributed by atoms with E-state index in [4.69, 9.17) is 0 Å². The van der Waals surface area contributed by atoms with Crippen LogP contribution in [0.25, 0.3) is 10.2 Å². The number of nitrogens with zero attached hydrogens (tertiary/aromatic N) is 1. The quantitative estimate of drug-likeness (QED) is 0.909. The molecule has 2 amide bonds. The Morgan fingerprint density at radius 3 is 2.68 bits per heavy atom. The van der Waals surface area contributed by atoms with Crippen LogP contribution in [0.3, 0.4) is 0 Å². The van der Waals surface area contributed by atoms with Gasteiger partial charge in [0.1, 0.15) is 0 Å². The fraction of sp³-hybridized carbons (Fsp3) is 0.438. The van der Waals surface area contributed by atoms with Crippen molar-refractivity contribution in [2.75, 3.05) is 11.9 Å². The molecule has 2 aromatic rings. The first-order valence-electron chi connectivity index (χ1n) is 7.21. The summed E-state index contributed by atoms with van der Waals surface area (Å²) >= 11 is 1.45. The molecular formula is C16H21N3O2S. The van der Waals surface area contributed by atoms with Crippen LogP contribution in [0.2, 0.25) is 0 Å². The number of benzene rings is 1. The fourth-order valence-electron chi connectivity index (χ4n) is 1.82. The second-order valence-electron chi connectivity index (χ2n) is 6.29. The number of aromatic nitrogens is 1. The molecule has 0 bridgehead atoms. The van der Waals surface area contributed by atoms with Crippen LogP contribution in [0.1, 0.15) is 32.8 Å². The summed E-state index contributed by atoms with van der Waals surface area (Å²) in [6.07, 6.45) is 0.233. The van der Waals surface area contributed by atoms with Crippen LogP contribution in [0, 0.1) is 12.3 Å². The van der Waals surface area contributed by atoms with Crippen LogP contribution in [0.5, 0.6) is 0 Å². The molecule has 118 valence electrons. The average Bonchev–Trinajstić information content (AvgIpc) is 2.78. The van der Waals surface area contributed by atoms with E-state index in [0.29, 0.717) is 11.7 Å². The highest BCUT2D eigenvalue weighted by atomic mass is 32.1. The van der Waals surface area contributed by atoms with Crippen molar-refractivity contribution in [2.45, 2.75) is 34.1 Å². The minimum Gasteiger partial charge on any atom is -0.355 e. The number of rotatable bonds is 4. The first-order valence-corrected chi connectivity index (χ1v) is 8.03. The Bertz CT molecular complexity index is 701. The molecule has 0 spiro atoms. The number of hydrogen-bond donors (Lipinski definition) is 2. The summed E-state index contributed by atoms with van der Waals surface area (Å²) in [6, 6.07) is 5.99. The lowest BCUT2D eigenvalue weighted by atomic mass is 9.96. The van der Waals surface area contributed by atoms with Crippen LogP contribution < -0.4 is 10.6 Å². The molecular weight excluding hydrogens is 298 g/mol. The number of carbonyl (C=O) groups excluding carboxylic acids is 2. The minimum atomic E-state index is -0.443. The van der Waals surface area contributed by atoms with E-state index in [1.54, 1.807) is 0 Å². The summed E-state index contributed by atoms with van der Waals surface area (Å²) in [6.45, 7) is 7.86. The van der Waals surface area contributed by atoms with E-state index in [2.05, 4.69) is 15.6 Å². The van der Waals surface area contributed by atoms with Gasteiger partial charge in [0.05, 0.1) is 10.2 Å². The van der Waals surface area contributed by atoms with Crippen LogP contribution in [0.4, 0.5) is 5.13 Å². The molecule has 0 fully saturated rings. The summed E-state index contributed by atoms with van der Waals surface area (Å²) in [5, 5.41) is 6.13.